The molecule has 0 amide bonds. The molecule has 0 aromatic heterocycles. The first-order valence-electron chi connectivity index (χ1n) is 5.06. The number of alkyl halides is 3. The van der Waals surface area contributed by atoms with E-state index in [2.05, 4.69) is 20.7 Å². The van der Waals surface area contributed by atoms with Gasteiger partial charge < -0.3 is 4.74 Å². The molecule has 1 aromatic carbocycles. The number of benzene rings is 1. The first kappa shape index (κ1) is 15.4. The number of halogens is 6. The largest absolute Gasteiger partial charge is 0.384 e. The average molecular weight is 333 g/mol. The summed E-state index contributed by atoms with van der Waals surface area (Å²) in [5, 5.41) is 0. The van der Waals surface area contributed by atoms with Crippen molar-refractivity contribution >= 4 is 15.9 Å². The van der Waals surface area contributed by atoms with Gasteiger partial charge in [-0.3, -0.25) is 0 Å². The van der Waals surface area contributed by atoms with Crippen LogP contribution in [0.15, 0.2) is 16.6 Å². The third-order valence-electron chi connectivity index (χ3n) is 2.21. The Bertz CT molecular complexity index is 401. The van der Waals surface area contributed by atoms with E-state index in [1.807, 2.05) is 0 Å². The van der Waals surface area contributed by atoms with Gasteiger partial charge in [-0.25, -0.2) is 13.2 Å². The van der Waals surface area contributed by atoms with Crippen LogP contribution in [0.5, 0.6) is 0 Å². The SMILES string of the molecule is CCC(OC(F)(F)CF)c1c(F)cc(Br)cc1F. The van der Waals surface area contributed by atoms with Crippen molar-refractivity contribution in [1.29, 1.82) is 0 Å². The molecular weight excluding hydrogens is 323 g/mol. The van der Waals surface area contributed by atoms with Gasteiger partial charge in [0.15, 0.2) is 6.67 Å². The van der Waals surface area contributed by atoms with Crippen molar-refractivity contribution in [1.82, 2.24) is 0 Å². The number of ether oxygens (including phenoxy) is 1. The Morgan fingerprint density at radius 3 is 2.17 bits per heavy atom. The normalized spacial score (nSPS) is 13.7. The van der Waals surface area contributed by atoms with E-state index in [4.69, 9.17) is 0 Å². The lowest BCUT2D eigenvalue weighted by molar-refractivity contribution is -0.272. The molecule has 1 atom stereocenters. The van der Waals surface area contributed by atoms with Gasteiger partial charge in [0, 0.05) is 4.47 Å². The maximum atomic E-state index is 13.5. The molecule has 1 nitrogen and oxygen atoms in total. The highest BCUT2D eigenvalue weighted by atomic mass is 79.9. The summed E-state index contributed by atoms with van der Waals surface area (Å²) in [6.07, 6.45) is -5.73. The molecule has 0 N–H and O–H groups in total. The molecule has 0 aliphatic heterocycles. The van der Waals surface area contributed by atoms with Gasteiger partial charge in [-0.15, -0.1) is 0 Å². The van der Waals surface area contributed by atoms with Crippen molar-refractivity contribution in [2.45, 2.75) is 25.6 Å². The molecule has 0 fully saturated rings. The predicted octanol–water partition coefficient (Wildman–Crippen LogP) is 4.76. The van der Waals surface area contributed by atoms with E-state index >= 15 is 0 Å². The van der Waals surface area contributed by atoms with Gasteiger partial charge in [0.25, 0.3) is 0 Å². The van der Waals surface area contributed by atoms with Gasteiger partial charge in [0.05, 0.1) is 11.7 Å². The Morgan fingerprint density at radius 1 is 1.28 bits per heavy atom. The maximum absolute atomic E-state index is 13.5. The fraction of sp³-hybridized carbons (Fsp3) is 0.455. The minimum atomic E-state index is -4.06. The van der Waals surface area contributed by atoms with Crippen LogP contribution < -0.4 is 0 Å². The van der Waals surface area contributed by atoms with Crippen LogP contribution in [0, 0.1) is 11.6 Å². The lowest BCUT2D eigenvalue weighted by Gasteiger charge is -2.22. The lowest BCUT2D eigenvalue weighted by atomic mass is 10.1. The van der Waals surface area contributed by atoms with Crippen LogP contribution in [0.25, 0.3) is 0 Å². The zero-order chi connectivity index (χ0) is 13.9. The zero-order valence-electron chi connectivity index (χ0n) is 9.32. The molecule has 1 rings (SSSR count). The van der Waals surface area contributed by atoms with Crippen LogP contribution in [0.2, 0.25) is 0 Å². The van der Waals surface area contributed by atoms with Crippen LogP contribution in [0.3, 0.4) is 0 Å². The van der Waals surface area contributed by atoms with E-state index in [0.29, 0.717) is 0 Å². The summed E-state index contributed by atoms with van der Waals surface area (Å²) in [4.78, 5) is 0. The minimum Gasteiger partial charge on any atom is -0.310 e. The highest BCUT2D eigenvalue weighted by molar-refractivity contribution is 9.10. The molecule has 0 aliphatic rings. The van der Waals surface area contributed by atoms with Crippen LogP contribution >= 0.6 is 15.9 Å². The molecule has 0 saturated carbocycles. The van der Waals surface area contributed by atoms with Crippen molar-refractivity contribution in [2.24, 2.45) is 0 Å². The zero-order valence-corrected chi connectivity index (χ0v) is 10.9. The highest BCUT2D eigenvalue weighted by Crippen LogP contribution is 2.33. The van der Waals surface area contributed by atoms with E-state index in [1.54, 1.807) is 0 Å². The summed E-state index contributed by atoms with van der Waals surface area (Å²) in [5.41, 5.74) is -0.631. The van der Waals surface area contributed by atoms with E-state index in [-0.39, 0.29) is 10.9 Å². The minimum absolute atomic E-state index is 0.120. The number of rotatable bonds is 5. The second kappa shape index (κ2) is 5.97. The molecule has 0 heterocycles. The standard InChI is InChI=1S/C11H10BrF5O/c1-2-9(18-11(16,17)5-13)10-7(14)3-6(12)4-8(10)15/h3-4,9H,2,5H2,1H3. The molecule has 7 heteroatoms. The first-order chi connectivity index (χ1) is 8.30. The fourth-order valence-electron chi connectivity index (χ4n) is 1.45. The molecule has 1 aromatic rings. The highest BCUT2D eigenvalue weighted by Gasteiger charge is 2.35. The molecule has 0 aliphatic carbocycles. The molecule has 102 valence electrons. The summed E-state index contributed by atoms with van der Waals surface area (Å²) in [5.74, 6) is -2.05. The van der Waals surface area contributed by atoms with Crippen molar-refractivity contribution in [2.75, 3.05) is 6.67 Å². The van der Waals surface area contributed by atoms with Crippen molar-refractivity contribution in [3.8, 4) is 0 Å². The summed E-state index contributed by atoms with van der Waals surface area (Å²) in [6.45, 7) is -0.650. The number of hydrogen-bond donors (Lipinski definition) is 0. The topological polar surface area (TPSA) is 9.23 Å². The summed E-state index contributed by atoms with van der Waals surface area (Å²) < 4.78 is 68.8. The van der Waals surface area contributed by atoms with Crippen LogP contribution in [0.4, 0.5) is 22.0 Å². The second-order valence-corrected chi connectivity index (χ2v) is 4.48. The van der Waals surface area contributed by atoms with Crippen LogP contribution in [0.1, 0.15) is 25.0 Å². The van der Waals surface area contributed by atoms with E-state index < -0.39 is 36.1 Å². The Kier molecular flexibility index (Phi) is 5.10. The molecular formula is C11H10BrF5O. The molecule has 1 unspecified atom stereocenters. The quantitative estimate of drug-likeness (QED) is 0.706. The van der Waals surface area contributed by atoms with Gasteiger partial charge in [-0.05, 0) is 18.6 Å². The van der Waals surface area contributed by atoms with Crippen molar-refractivity contribution < 1.29 is 26.7 Å². The first-order valence-corrected chi connectivity index (χ1v) is 5.86. The maximum Gasteiger partial charge on any atom is 0.384 e. The summed E-state index contributed by atoms with van der Waals surface area (Å²) in [7, 11) is 0. The molecule has 0 radical (unpaired) electrons. The second-order valence-electron chi connectivity index (χ2n) is 3.57. The fourth-order valence-corrected chi connectivity index (χ4v) is 1.85. The monoisotopic (exact) mass is 332 g/mol. The lowest BCUT2D eigenvalue weighted by Crippen LogP contribution is -2.26. The van der Waals surface area contributed by atoms with Crippen molar-refractivity contribution in [3.05, 3.63) is 33.8 Å². The van der Waals surface area contributed by atoms with Gasteiger partial charge in [0.2, 0.25) is 0 Å². The van der Waals surface area contributed by atoms with Crippen LogP contribution in [-0.4, -0.2) is 12.8 Å². The van der Waals surface area contributed by atoms with E-state index in [1.165, 1.54) is 6.92 Å². The summed E-state index contributed by atoms with van der Waals surface area (Å²) >= 11 is 2.86. The third kappa shape index (κ3) is 3.65. The molecule has 0 bridgehead atoms. The Hall–Kier alpha value is -0.690. The Labute approximate surface area is 109 Å². The van der Waals surface area contributed by atoms with Gasteiger partial charge in [-0.1, -0.05) is 22.9 Å². The summed E-state index contributed by atoms with van der Waals surface area (Å²) in [6, 6.07) is 1.86. The molecule has 0 spiro atoms. The average Bonchev–Trinajstić information content (AvgIpc) is 2.26. The molecule has 0 saturated heterocycles. The smallest absolute Gasteiger partial charge is 0.310 e. The van der Waals surface area contributed by atoms with E-state index in [9.17, 15) is 22.0 Å². The van der Waals surface area contributed by atoms with Gasteiger partial charge in [-0.2, -0.15) is 8.78 Å². The number of hydrogen-bond acceptors (Lipinski definition) is 1. The third-order valence-corrected chi connectivity index (χ3v) is 2.66. The van der Waals surface area contributed by atoms with E-state index in [0.717, 1.165) is 12.1 Å². The van der Waals surface area contributed by atoms with Gasteiger partial charge >= 0.3 is 6.11 Å². The van der Waals surface area contributed by atoms with Gasteiger partial charge in [0.1, 0.15) is 11.6 Å². The Balaban J connectivity index is 3.10. The Morgan fingerprint density at radius 2 is 1.78 bits per heavy atom. The van der Waals surface area contributed by atoms with Crippen LogP contribution in [-0.2, 0) is 4.74 Å². The molecule has 18 heavy (non-hydrogen) atoms. The predicted molar refractivity (Wildman–Crippen MR) is 59.1 cm³/mol. The van der Waals surface area contributed by atoms with Crippen molar-refractivity contribution in [3.63, 3.8) is 0 Å².